The molecule has 1 aliphatic rings. The first-order chi connectivity index (χ1) is 15.5. The van der Waals surface area contributed by atoms with Crippen LogP contribution in [0.2, 0.25) is 0 Å². The lowest BCUT2D eigenvalue weighted by atomic mass is 10.0. The fraction of sp³-hybridized carbons (Fsp3) is 0.250. The zero-order valence-electron chi connectivity index (χ0n) is 17.5. The van der Waals surface area contributed by atoms with Gasteiger partial charge in [-0.2, -0.15) is 13.2 Å². The Balaban J connectivity index is 1.61. The Hall–Kier alpha value is -3.62. The average molecular weight is 460 g/mol. The number of aromatic nitrogens is 1. The lowest BCUT2D eigenvalue weighted by molar-refractivity contribution is -0.137. The molecule has 0 bridgehead atoms. The van der Waals surface area contributed by atoms with Crippen molar-refractivity contribution in [1.82, 2.24) is 9.88 Å². The fourth-order valence-electron chi connectivity index (χ4n) is 3.85. The summed E-state index contributed by atoms with van der Waals surface area (Å²) in [6.45, 7) is 0. The average Bonchev–Trinajstić information content (AvgIpc) is 3.48. The molecule has 1 fully saturated rings. The van der Waals surface area contributed by atoms with E-state index in [1.807, 2.05) is 30.3 Å². The van der Waals surface area contributed by atoms with E-state index >= 15 is 0 Å². The molecule has 1 aromatic heterocycles. The van der Waals surface area contributed by atoms with Crippen LogP contribution in [-0.4, -0.2) is 21.6 Å². The van der Waals surface area contributed by atoms with E-state index in [9.17, 15) is 32.3 Å². The molecular weight excluding hydrogens is 440 g/mol. The Morgan fingerprint density at radius 3 is 2.52 bits per heavy atom. The summed E-state index contributed by atoms with van der Waals surface area (Å²) in [4.78, 5) is 25.3. The van der Waals surface area contributed by atoms with Crippen molar-refractivity contribution >= 4 is 5.91 Å². The summed E-state index contributed by atoms with van der Waals surface area (Å²) >= 11 is 0. The number of amides is 1. The van der Waals surface area contributed by atoms with Crippen LogP contribution < -0.4 is 10.9 Å². The Morgan fingerprint density at radius 1 is 1.15 bits per heavy atom. The van der Waals surface area contributed by atoms with Crippen LogP contribution >= 0.6 is 0 Å². The Bertz CT molecular complexity index is 1270. The lowest BCUT2D eigenvalue weighted by Gasteiger charge is -2.15. The molecule has 4 rings (SSSR count). The van der Waals surface area contributed by atoms with E-state index in [4.69, 9.17) is 0 Å². The van der Waals surface area contributed by atoms with Crippen LogP contribution in [0.15, 0.2) is 59.4 Å². The van der Waals surface area contributed by atoms with E-state index in [1.165, 1.54) is 7.05 Å². The number of alkyl halides is 3. The van der Waals surface area contributed by atoms with Gasteiger partial charge in [0.05, 0.1) is 16.8 Å². The lowest BCUT2D eigenvalue weighted by Crippen LogP contribution is -2.30. The van der Waals surface area contributed by atoms with Crippen molar-refractivity contribution in [2.24, 2.45) is 13.0 Å². The number of nitrogens with one attached hydrogen (secondary N) is 1. The van der Waals surface area contributed by atoms with E-state index in [0.717, 1.165) is 35.1 Å². The molecule has 1 heterocycles. The first kappa shape index (κ1) is 22.6. The van der Waals surface area contributed by atoms with Crippen molar-refractivity contribution in [3.8, 4) is 17.0 Å². The predicted octanol–water partition coefficient (Wildman–Crippen LogP) is 4.28. The van der Waals surface area contributed by atoms with E-state index in [0.29, 0.717) is 12.1 Å². The molecule has 3 aromatic rings. The third-order valence-electron chi connectivity index (χ3n) is 5.75. The topological polar surface area (TPSA) is 71.3 Å². The quantitative estimate of drug-likeness (QED) is 0.559. The highest BCUT2D eigenvalue weighted by molar-refractivity contribution is 5.98. The van der Waals surface area contributed by atoms with Crippen molar-refractivity contribution in [3.63, 3.8) is 0 Å². The number of benzene rings is 2. The van der Waals surface area contributed by atoms with Gasteiger partial charge in [0.1, 0.15) is 5.82 Å². The number of nitrogens with zero attached hydrogens (tertiary/aromatic N) is 1. The second-order valence-electron chi connectivity index (χ2n) is 8.15. The number of hydrogen-bond acceptors (Lipinski definition) is 3. The molecule has 1 saturated carbocycles. The molecular formula is C24H20F4N2O3. The third kappa shape index (κ3) is 4.76. The minimum Gasteiger partial charge on any atom is -0.502 e. The molecule has 2 atom stereocenters. The van der Waals surface area contributed by atoms with Gasteiger partial charge in [-0.25, -0.2) is 4.39 Å². The fourth-order valence-corrected chi connectivity index (χ4v) is 3.85. The van der Waals surface area contributed by atoms with Crippen molar-refractivity contribution in [2.75, 3.05) is 0 Å². The molecule has 33 heavy (non-hydrogen) atoms. The minimum absolute atomic E-state index is 0.135. The van der Waals surface area contributed by atoms with Crippen LogP contribution in [0.1, 0.15) is 27.9 Å². The SMILES string of the molecule is Cn1c(-c2cc(F)cc(C(F)(F)F)c2)cc(C(=O)N[C@H]2CC2Cc2ccccc2)c(O)c1=O. The largest absolute Gasteiger partial charge is 0.502 e. The molecule has 0 saturated heterocycles. The smallest absolute Gasteiger partial charge is 0.416 e. The molecule has 0 aliphatic heterocycles. The van der Waals surface area contributed by atoms with Gasteiger partial charge in [0.25, 0.3) is 11.5 Å². The van der Waals surface area contributed by atoms with Crippen LogP contribution in [0.25, 0.3) is 11.3 Å². The van der Waals surface area contributed by atoms with Gasteiger partial charge in [-0.1, -0.05) is 30.3 Å². The first-order valence-electron chi connectivity index (χ1n) is 10.2. The highest BCUT2D eigenvalue weighted by atomic mass is 19.4. The Kier molecular flexibility index (Phi) is 5.73. The maximum atomic E-state index is 13.9. The molecule has 1 unspecified atom stereocenters. The van der Waals surface area contributed by atoms with Crippen LogP contribution in [0.5, 0.6) is 5.75 Å². The molecule has 2 aromatic carbocycles. The van der Waals surface area contributed by atoms with Gasteiger partial charge < -0.3 is 15.0 Å². The first-order valence-corrected chi connectivity index (χ1v) is 10.2. The number of carbonyl (C=O) groups excluding carboxylic acids is 1. The summed E-state index contributed by atoms with van der Waals surface area (Å²) < 4.78 is 54.1. The van der Waals surface area contributed by atoms with E-state index in [1.54, 1.807) is 0 Å². The summed E-state index contributed by atoms with van der Waals surface area (Å²) in [5, 5.41) is 13.0. The second kappa shape index (κ2) is 8.38. The maximum absolute atomic E-state index is 13.9. The molecule has 9 heteroatoms. The zero-order valence-corrected chi connectivity index (χ0v) is 17.5. The van der Waals surface area contributed by atoms with E-state index < -0.39 is 34.8 Å². The van der Waals surface area contributed by atoms with E-state index in [-0.39, 0.29) is 28.8 Å². The standard InChI is InChI=1S/C24H20F4N2O3/c1-30-20(15-8-16(24(26,27)28)11-17(25)9-15)12-18(21(31)23(30)33)22(32)29-19-10-14(19)7-13-5-3-2-4-6-13/h2-6,8-9,11-12,14,19,31H,7,10H2,1H3,(H,29,32)/t14?,19-/m0/s1. The number of aromatic hydroxyl groups is 1. The van der Waals surface area contributed by atoms with Gasteiger partial charge in [0.15, 0.2) is 5.75 Å². The van der Waals surface area contributed by atoms with Gasteiger partial charge in [0.2, 0.25) is 0 Å². The number of rotatable bonds is 5. The van der Waals surface area contributed by atoms with Crippen molar-refractivity contribution in [1.29, 1.82) is 0 Å². The van der Waals surface area contributed by atoms with Gasteiger partial charge in [0, 0.05) is 18.7 Å². The number of halogens is 4. The Labute approximate surface area is 186 Å². The summed E-state index contributed by atoms with van der Waals surface area (Å²) in [7, 11) is 1.22. The van der Waals surface area contributed by atoms with Gasteiger partial charge in [-0.15, -0.1) is 0 Å². The summed E-state index contributed by atoms with van der Waals surface area (Å²) in [6, 6.07) is 12.5. The van der Waals surface area contributed by atoms with Crippen molar-refractivity contribution < 1.29 is 27.5 Å². The van der Waals surface area contributed by atoms with Crippen LogP contribution in [0.3, 0.4) is 0 Å². The maximum Gasteiger partial charge on any atom is 0.416 e. The van der Waals surface area contributed by atoms with E-state index in [2.05, 4.69) is 5.32 Å². The highest BCUT2D eigenvalue weighted by Gasteiger charge is 2.39. The Morgan fingerprint density at radius 2 is 1.85 bits per heavy atom. The summed E-state index contributed by atoms with van der Waals surface area (Å²) in [6.07, 6.45) is -3.33. The van der Waals surface area contributed by atoms with Gasteiger partial charge >= 0.3 is 6.18 Å². The van der Waals surface area contributed by atoms with Gasteiger partial charge in [-0.05, 0) is 48.6 Å². The summed E-state index contributed by atoms with van der Waals surface area (Å²) in [5.41, 5.74) is -1.85. The normalized spacial score (nSPS) is 17.6. The van der Waals surface area contributed by atoms with Crippen LogP contribution in [0, 0.1) is 11.7 Å². The van der Waals surface area contributed by atoms with Crippen molar-refractivity contribution in [2.45, 2.75) is 25.1 Å². The molecule has 1 aliphatic carbocycles. The predicted molar refractivity (Wildman–Crippen MR) is 113 cm³/mol. The second-order valence-corrected chi connectivity index (χ2v) is 8.15. The minimum atomic E-state index is -4.80. The zero-order chi connectivity index (χ0) is 23.9. The van der Waals surface area contributed by atoms with Crippen LogP contribution in [-0.2, 0) is 19.6 Å². The molecule has 1 amide bonds. The molecule has 172 valence electrons. The molecule has 0 spiro atoms. The van der Waals surface area contributed by atoms with Gasteiger partial charge in [-0.3, -0.25) is 9.59 Å². The highest BCUT2D eigenvalue weighted by Crippen LogP contribution is 2.35. The molecule has 5 nitrogen and oxygen atoms in total. The molecule has 2 N–H and O–H groups in total. The number of carbonyl (C=O) groups is 1. The summed E-state index contributed by atoms with van der Waals surface area (Å²) in [5.74, 6) is -2.50. The number of pyridine rings is 1. The van der Waals surface area contributed by atoms with Crippen LogP contribution in [0.4, 0.5) is 17.6 Å². The monoisotopic (exact) mass is 460 g/mol. The van der Waals surface area contributed by atoms with Crippen molar-refractivity contribution in [3.05, 3.63) is 87.5 Å². The molecule has 0 radical (unpaired) electrons. The third-order valence-corrected chi connectivity index (χ3v) is 5.75. The number of hydrogen-bond donors (Lipinski definition) is 2.